The van der Waals surface area contributed by atoms with Gasteiger partial charge in [0.1, 0.15) is 6.07 Å². The molecule has 1 aromatic rings. The van der Waals surface area contributed by atoms with E-state index in [2.05, 4.69) is 6.07 Å². The van der Waals surface area contributed by atoms with Gasteiger partial charge in [-0.05, 0) is 19.4 Å². The lowest BCUT2D eigenvalue weighted by Crippen LogP contribution is -2.20. The lowest BCUT2D eigenvalue weighted by atomic mass is 9.97. The van der Waals surface area contributed by atoms with E-state index in [4.69, 9.17) is 9.44 Å². The van der Waals surface area contributed by atoms with Crippen LogP contribution in [0.2, 0.25) is 0 Å². The third-order valence-corrected chi connectivity index (χ3v) is 2.95. The van der Waals surface area contributed by atoms with Crippen molar-refractivity contribution in [3.05, 3.63) is 35.4 Å². The summed E-state index contributed by atoms with van der Waals surface area (Å²) in [7, 11) is 1.18. The van der Waals surface area contributed by atoms with Gasteiger partial charge in [0.05, 0.1) is 9.21 Å². The number of rotatable bonds is 3. The van der Waals surface area contributed by atoms with Gasteiger partial charge in [0.15, 0.2) is 5.60 Å². The first kappa shape index (κ1) is 11.8. The molecule has 0 aliphatic carbocycles. The third-order valence-electron chi connectivity index (χ3n) is 2.01. The van der Waals surface area contributed by atoms with Crippen LogP contribution in [-0.2, 0) is 9.78 Å². The summed E-state index contributed by atoms with van der Waals surface area (Å²) in [6, 6.07) is 9.97. The molecule has 1 rings (SSSR count). The zero-order valence-corrected chi connectivity index (χ0v) is 10.9. The molecule has 0 amide bonds. The molecule has 0 fully saturated rings. The molecule has 0 saturated carbocycles. The Balaban J connectivity index is 3.01. The van der Waals surface area contributed by atoms with Crippen molar-refractivity contribution < 1.29 is 4.18 Å². The molecule has 1 aromatic carbocycles. The second-order valence-electron chi connectivity index (χ2n) is 3.16. The predicted octanol–water partition coefficient (Wildman–Crippen LogP) is 3.75. The summed E-state index contributed by atoms with van der Waals surface area (Å²) in [5, 5.41) is 9.05. The molecule has 0 aromatic heterocycles. The minimum atomic E-state index is -0.862. The lowest BCUT2D eigenvalue weighted by Gasteiger charge is -2.19. The highest BCUT2D eigenvalue weighted by molar-refractivity contribution is 14.2. The molecule has 14 heavy (non-hydrogen) atoms. The highest BCUT2D eigenvalue weighted by atomic mass is 127. The molecular weight excluding hydrogens is 309 g/mol. The van der Waals surface area contributed by atoms with Crippen molar-refractivity contribution >= 4 is 30.4 Å². The average Bonchev–Trinajstić information content (AvgIpc) is 2.19. The summed E-state index contributed by atoms with van der Waals surface area (Å²) in [5.74, 6) is 0. The van der Waals surface area contributed by atoms with Crippen LogP contribution >= 0.6 is 30.4 Å². The minimum Gasteiger partial charge on any atom is -0.279 e. The summed E-state index contributed by atoms with van der Waals surface area (Å²) in [5.41, 5.74) is 1.20. The quantitative estimate of drug-likeness (QED) is 0.628. The monoisotopic (exact) mass is 319 g/mol. The molecule has 0 saturated heterocycles. The molecule has 1 unspecified atom stereocenters. The first-order valence-corrected chi connectivity index (χ1v) is 7.35. The van der Waals surface area contributed by atoms with Crippen LogP contribution in [0.15, 0.2) is 24.3 Å². The first-order chi connectivity index (χ1) is 6.62. The number of hydrogen-bond donors (Lipinski definition) is 0. The van der Waals surface area contributed by atoms with E-state index in [9.17, 15) is 0 Å². The number of benzene rings is 1. The van der Waals surface area contributed by atoms with Crippen LogP contribution in [0.1, 0.15) is 18.1 Å². The Morgan fingerprint density at radius 2 is 2.00 bits per heavy atom. The van der Waals surface area contributed by atoms with E-state index in [1.54, 1.807) is 6.92 Å². The van der Waals surface area contributed by atoms with Crippen molar-refractivity contribution in [2.75, 3.05) is 0 Å². The summed E-state index contributed by atoms with van der Waals surface area (Å²) in [6.45, 7) is 3.78. The fourth-order valence-electron chi connectivity index (χ4n) is 1.07. The molecule has 2 nitrogen and oxygen atoms in total. The van der Waals surface area contributed by atoms with Crippen molar-refractivity contribution in [2.45, 2.75) is 19.4 Å². The van der Waals surface area contributed by atoms with Crippen molar-refractivity contribution in [1.82, 2.24) is 0 Å². The second-order valence-corrected chi connectivity index (χ2v) is 4.53. The Labute approximate surface area is 100 Å². The summed E-state index contributed by atoms with van der Waals surface area (Å²) >= 11 is 2.01. The van der Waals surface area contributed by atoms with Crippen molar-refractivity contribution in [1.29, 1.82) is 5.26 Å². The van der Waals surface area contributed by atoms with Crippen LogP contribution in [0.3, 0.4) is 0 Å². The Morgan fingerprint density at radius 3 is 2.43 bits per heavy atom. The topological polar surface area (TPSA) is 33.0 Å². The first-order valence-electron chi connectivity index (χ1n) is 4.07. The molecule has 74 valence electrons. The van der Waals surface area contributed by atoms with Gasteiger partial charge in [-0.2, -0.15) is 5.26 Å². The van der Waals surface area contributed by atoms with E-state index in [-0.39, 0.29) is 0 Å². The average molecular weight is 319 g/mol. The van der Waals surface area contributed by atoms with Gasteiger partial charge in [-0.1, -0.05) is 29.8 Å². The molecule has 0 aliphatic rings. The third kappa shape index (κ3) is 2.62. The van der Waals surface area contributed by atoms with E-state index in [1.807, 2.05) is 52.4 Å². The van der Waals surface area contributed by atoms with E-state index in [0.717, 1.165) is 5.56 Å². The number of aryl methyl sites for hydroxylation is 1. The Hall–Kier alpha value is -0.250. The molecule has 4 heteroatoms. The van der Waals surface area contributed by atoms with Crippen LogP contribution < -0.4 is 0 Å². The molecule has 0 heterocycles. The maximum atomic E-state index is 9.05. The van der Waals surface area contributed by atoms with Gasteiger partial charge in [-0.25, -0.2) is 0 Å². The largest absolute Gasteiger partial charge is 0.279 e. The normalized spacial score (nSPS) is 14.4. The summed E-state index contributed by atoms with van der Waals surface area (Å²) in [4.78, 5) is 0. The zero-order chi connectivity index (χ0) is 10.6. The molecule has 0 N–H and O–H groups in total. The SMILES string of the molecule is Cc1ccc(C(C)(C#N)OSI)cc1. The fourth-order valence-corrected chi connectivity index (χ4v) is 2.40. The molecule has 1 atom stereocenters. The Kier molecular flexibility index (Phi) is 4.23. The van der Waals surface area contributed by atoms with E-state index in [1.165, 1.54) is 14.8 Å². The highest BCUT2D eigenvalue weighted by Gasteiger charge is 2.27. The van der Waals surface area contributed by atoms with Crippen LogP contribution in [0.5, 0.6) is 0 Å². The van der Waals surface area contributed by atoms with Gasteiger partial charge in [0.2, 0.25) is 0 Å². The van der Waals surface area contributed by atoms with Crippen molar-refractivity contribution in [2.24, 2.45) is 0 Å². The number of nitriles is 1. The molecule has 0 spiro atoms. The highest BCUT2D eigenvalue weighted by Crippen LogP contribution is 2.32. The second kappa shape index (κ2) is 5.01. The van der Waals surface area contributed by atoms with Gasteiger partial charge >= 0.3 is 0 Å². The van der Waals surface area contributed by atoms with E-state index < -0.39 is 5.60 Å². The van der Waals surface area contributed by atoms with Gasteiger partial charge in [-0.15, -0.1) is 0 Å². The maximum Gasteiger partial charge on any atom is 0.191 e. The summed E-state index contributed by atoms with van der Waals surface area (Å²) in [6.07, 6.45) is 0. The number of halogens is 1. The van der Waals surface area contributed by atoms with Gasteiger partial charge in [0.25, 0.3) is 0 Å². The minimum absolute atomic E-state index is 0.862. The van der Waals surface area contributed by atoms with Crippen molar-refractivity contribution in [3.8, 4) is 6.07 Å². The predicted molar refractivity (Wildman–Crippen MR) is 66.8 cm³/mol. The Morgan fingerprint density at radius 1 is 1.43 bits per heavy atom. The van der Waals surface area contributed by atoms with E-state index >= 15 is 0 Å². The summed E-state index contributed by atoms with van der Waals surface area (Å²) < 4.78 is 5.35. The van der Waals surface area contributed by atoms with Crippen LogP contribution in [0.4, 0.5) is 0 Å². The zero-order valence-electron chi connectivity index (χ0n) is 7.95. The Bertz CT molecular complexity index is 346. The smallest absolute Gasteiger partial charge is 0.191 e. The maximum absolute atomic E-state index is 9.05. The standard InChI is InChI=1S/C10H10INOS/c1-8-3-5-9(6-4-8)10(2,7-12)13-14-11/h3-6H,1-2H3. The van der Waals surface area contributed by atoms with Crippen LogP contribution in [0, 0.1) is 18.3 Å². The van der Waals surface area contributed by atoms with Crippen molar-refractivity contribution in [3.63, 3.8) is 0 Å². The van der Waals surface area contributed by atoms with Crippen LogP contribution in [0.25, 0.3) is 0 Å². The fraction of sp³-hybridized carbons (Fsp3) is 0.300. The lowest BCUT2D eigenvalue weighted by molar-refractivity contribution is 0.191. The van der Waals surface area contributed by atoms with Gasteiger partial charge < -0.3 is 0 Å². The van der Waals surface area contributed by atoms with Crippen LogP contribution in [-0.4, -0.2) is 0 Å². The molecule has 0 bridgehead atoms. The van der Waals surface area contributed by atoms with E-state index in [0.29, 0.717) is 0 Å². The number of nitrogens with zero attached hydrogens (tertiary/aromatic N) is 1. The molecule has 0 radical (unpaired) electrons. The molecule has 0 aliphatic heterocycles. The molecular formula is C10H10INOS. The number of hydrogen-bond acceptors (Lipinski definition) is 3. The van der Waals surface area contributed by atoms with Gasteiger partial charge in [-0.3, -0.25) is 4.18 Å². The van der Waals surface area contributed by atoms with Gasteiger partial charge in [0, 0.05) is 21.2 Å².